The molecule has 1 unspecified atom stereocenters. The van der Waals surface area contributed by atoms with E-state index in [2.05, 4.69) is 78.2 Å². The molecule has 0 amide bonds. The van der Waals surface area contributed by atoms with Gasteiger partial charge in [0.15, 0.2) is 5.82 Å². The number of anilines is 1. The fourth-order valence-electron chi connectivity index (χ4n) is 4.09. The first kappa shape index (κ1) is 28.3. The molecule has 1 saturated carbocycles. The van der Waals surface area contributed by atoms with E-state index in [9.17, 15) is 0 Å². The highest BCUT2D eigenvalue weighted by Gasteiger charge is 2.21. The Morgan fingerprint density at radius 2 is 1.80 bits per heavy atom. The SMILES string of the molecule is C/C=C\C=C/Cc1cc(C=NC)c(N2C=CC(C)N2)nc1-c1ccc(C2CCC2)cc1.CC.CC. The Bertz CT molecular complexity index is 1010. The van der Waals surface area contributed by atoms with Crippen molar-refractivity contribution < 1.29 is 0 Å². The van der Waals surface area contributed by atoms with Gasteiger partial charge in [0, 0.05) is 36.6 Å². The third-order valence-corrected chi connectivity index (χ3v) is 6.01. The van der Waals surface area contributed by atoms with Crippen molar-refractivity contribution >= 4 is 12.0 Å². The van der Waals surface area contributed by atoms with Crippen LogP contribution in [0.25, 0.3) is 11.3 Å². The number of hydrogen-bond donors (Lipinski definition) is 1. The van der Waals surface area contributed by atoms with Gasteiger partial charge in [0.05, 0.1) is 5.69 Å². The molecule has 2 aromatic rings. The van der Waals surface area contributed by atoms with Gasteiger partial charge in [0.25, 0.3) is 0 Å². The van der Waals surface area contributed by atoms with E-state index < -0.39 is 0 Å². The molecule has 0 bridgehead atoms. The van der Waals surface area contributed by atoms with Crippen molar-refractivity contribution in [1.82, 2.24) is 10.4 Å². The third-order valence-electron chi connectivity index (χ3n) is 6.01. The number of nitrogens with one attached hydrogen (secondary N) is 1. The van der Waals surface area contributed by atoms with Gasteiger partial charge in [0.1, 0.15) is 0 Å². The molecule has 188 valence electrons. The third kappa shape index (κ3) is 7.50. The van der Waals surface area contributed by atoms with Gasteiger partial charge in [-0.2, -0.15) is 0 Å². The summed E-state index contributed by atoms with van der Waals surface area (Å²) in [6.07, 6.45) is 19.3. The van der Waals surface area contributed by atoms with Crippen molar-refractivity contribution in [1.29, 1.82) is 0 Å². The highest BCUT2D eigenvalue weighted by Crippen LogP contribution is 2.37. The lowest BCUT2D eigenvalue weighted by Crippen LogP contribution is -2.35. The maximum atomic E-state index is 5.15. The summed E-state index contributed by atoms with van der Waals surface area (Å²) in [7, 11) is 1.80. The van der Waals surface area contributed by atoms with Gasteiger partial charge in [-0.1, -0.05) is 82.7 Å². The first-order valence-corrected chi connectivity index (χ1v) is 13.3. The van der Waals surface area contributed by atoms with E-state index in [1.54, 1.807) is 7.05 Å². The van der Waals surface area contributed by atoms with Crippen molar-refractivity contribution in [3.8, 4) is 11.3 Å². The predicted octanol–water partition coefficient (Wildman–Crippen LogP) is 8.02. The number of hydrogen-bond acceptors (Lipinski definition) is 4. The van der Waals surface area contributed by atoms with Crippen LogP contribution < -0.4 is 10.4 Å². The first-order valence-electron chi connectivity index (χ1n) is 13.3. The molecule has 35 heavy (non-hydrogen) atoms. The molecule has 1 aliphatic heterocycles. The average molecular weight is 473 g/mol. The van der Waals surface area contributed by atoms with E-state index in [1.807, 2.05) is 51.9 Å². The van der Waals surface area contributed by atoms with Crippen molar-refractivity contribution in [3.05, 3.63) is 83.6 Å². The lowest BCUT2D eigenvalue weighted by molar-refractivity contribution is 0.420. The second-order valence-corrected chi connectivity index (χ2v) is 8.33. The number of benzene rings is 1. The Balaban J connectivity index is 0.00000103. The smallest absolute Gasteiger partial charge is 0.156 e. The Morgan fingerprint density at radius 1 is 1.09 bits per heavy atom. The monoisotopic (exact) mass is 472 g/mol. The molecule has 4 heteroatoms. The molecule has 1 aromatic heterocycles. The predicted molar refractivity (Wildman–Crippen MR) is 154 cm³/mol. The van der Waals surface area contributed by atoms with Gasteiger partial charge in [-0.25, -0.2) is 10.4 Å². The summed E-state index contributed by atoms with van der Waals surface area (Å²) in [5.74, 6) is 1.62. The van der Waals surface area contributed by atoms with Gasteiger partial charge >= 0.3 is 0 Å². The second kappa shape index (κ2) is 15.1. The van der Waals surface area contributed by atoms with Gasteiger partial charge in [-0.05, 0) is 62.3 Å². The number of nitrogens with zero attached hydrogens (tertiary/aromatic N) is 3. The van der Waals surface area contributed by atoms with Crippen molar-refractivity contribution in [3.63, 3.8) is 0 Å². The normalized spacial score (nSPS) is 17.5. The molecule has 0 radical (unpaired) electrons. The van der Waals surface area contributed by atoms with Gasteiger partial charge in [-0.15, -0.1) is 0 Å². The molecular weight excluding hydrogens is 428 g/mol. The highest BCUT2D eigenvalue weighted by atomic mass is 15.5. The zero-order chi connectivity index (χ0) is 25.6. The summed E-state index contributed by atoms with van der Waals surface area (Å²) < 4.78 is 0. The average Bonchev–Trinajstić information content (AvgIpc) is 3.30. The summed E-state index contributed by atoms with van der Waals surface area (Å²) in [4.78, 5) is 9.44. The van der Waals surface area contributed by atoms with Crippen LogP contribution in [-0.2, 0) is 6.42 Å². The quantitative estimate of drug-likeness (QED) is 0.328. The van der Waals surface area contributed by atoms with Crippen LogP contribution in [0.3, 0.4) is 0 Å². The Hall–Kier alpha value is -2.98. The fourth-order valence-corrected chi connectivity index (χ4v) is 4.09. The number of pyridine rings is 1. The minimum Gasteiger partial charge on any atom is -0.296 e. The van der Waals surface area contributed by atoms with Crippen LogP contribution in [0.5, 0.6) is 0 Å². The molecule has 4 rings (SSSR count). The van der Waals surface area contributed by atoms with Crippen molar-refractivity contribution in [2.24, 2.45) is 4.99 Å². The standard InChI is InChI=1S/C27H32N4.2C2H6/c1-4-5-6-7-9-24-18-25(19-28-3)27(31-17-16-20(2)30-31)29-26(24)23-14-12-22(13-15-23)21-10-8-11-21;2*1-2/h4-7,12-21,30H,8-11H2,1-3H3;2*1-2H3/b5-4-,7-6-,28-19?;;. The summed E-state index contributed by atoms with van der Waals surface area (Å²) in [5.41, 5.74) is 9.30. The molecule has 1 atom stereocenters. The topological polar surface area (TPSA) is 40.5 Å². The minimum absolute atomic E-state index is 0.280. The molecule has 4 nitrogen and oxygen atoms in total. The van der Waals surface area contributed by atoms with E-state index in [-0.39, 0.29) is 6.04 Å². The fraction of sp³-hybridized carbons (Fsp3) is 0.419. The molecule has 0 spiro atoms. The van der Waals surface area contributed by atoms with Crippen LogP contribution in [0.4, 0.5) is 5.82 Å². The lowest BCUT2D eigenvalue weighted by Gasteiger charge is -2.26. The molecule has 1 aromatic carbocycles. The number of hydrazine groups is 1. The van der Waals surface area contributed by atoms with E-state index >= 15 is 0 Å². The summed E-state index contributed by atoms with van der Waals surface area (Å²) in [6, 6.07) is 11.6. The summed E-state index contributed by atoms with van der Waals surface area (Å²) in [5, 5.41) is 2.01. The van der Waals surface area contributed by atoms with E-state index in [0.717, 1.165) is 35.0 Å². The number of aromatic nitrogens is 1. The van der Waals surface area contributed by atoms with Crippen LogP contribution in [0.2, 0.25) is 0 Å². The van der Waals surface area contributed by atoms with Crippen LogP contribution in [0.15, 0.2) is 71.9 Å². The molecule has 0 saturated heterocycles. The van der Waals surface area contributed by atoms with Crippen LogP contribution in [0, 0.1) is 0 Å². The number of rotatable bonds is 7. The van der Waals surface area contributed by atoms with E-state index in [1.165, 1.54) is 30.4 Å². The maximum Gasteiger partial charge on any atom is 0.156 e. The second-order valence-electron chi connectivity index (χ2n) is 8.33. The molecule has 2 aliphatic rings. The van der Waals surface area contributed by atoms with Crippen LogP contribution in [0.1, 0.15) is 83.4 Å². The zero-order valence-electron chi connectivity index (χ0n) is 22.8. The lowest BCUT2D eigenvalue weighted by atomic mass is 9.80. The minimum atomic E-state index is 0.280. The van der Waals surface area contributed by atoms with E-state index in [0.29, 0.717) is 0 Å². The first-order chi connectivity index (χ1) is 17.2. The van der Waals surface area contributed by atoms with E-state index in [4.69, 9.17) is 4.98 Å². The Labute approximate surface area is 213 Å². The highest BCUT2D eigenvalue weighted by molar-refractivity contribution is 5.88. The van der Waals surface area contributed by atoms with Gasteiger partial charge in [-0.3, -0.25) is 10.0 Å². The largest absolute Gasteiger partial charge is 0.296 e. The van der Waals surface area contributed by atoms with Crippen molar-refractivity contribution in [2.45, 2.75) is 79.2 Å². The number of allylic oxidation sites excluding steroid dienone is 4. The van der Waals surface area contributed by atoms with Gasteiger partial charge < -0.3 is 0 Å². The molecule has 1 fully saturated rings. The molecular formula is C31H44N4. The van der Waals surface area contributed by atoms with Crippen LogP contribution in [-0.4, -0.2) is 24.3 Å². The van der Waals surface area contributed by atoms with Gasteiger partial charge in [0.2, 0.25) is 0 Å². The molecule has 2 heterocycles. The summed E-state index contributed by atoms with van der Waals surface area (Å²) in [6.45, 7) is 12.2. The Kier molecular flexibility index (Phi) is 12.2. The van der Waals surface area contributed by atoms with Crippen molar-refractivity contribution in [2.75, 3.05) is 12.1 Å². The van der Waals surface area contributed by atoms with Crippen LogP contribution >= 0.6 is 0 Å². The molecule has 1 N–H and O–H groups in total. The maximum absolute atomic E-state index is 5.15. The zero-order valence-corrected chi connectivity index (χ0v) is 22.8. The Morgan fingerprint density at radius 3 is 2.34 bits per heavy atom. The molecule has 1 aliphatic carbocycles. The summed E-state index contributed by atoms with van der Waals surface area (Å²) >= 11 is 0. The number of aliphatic imine (C=N–C) groups is 1.